The fourth-order valence-corrected chi connectivity index (χ4v) is 2.02. The Hall–Kier alpha value is -0.970. The number of nitrogens with zero attached hydrogens (tertiary/aromatic N) is 1. The van der Waals surface area contributed by atoms with Gasteiger partial charge in [-0.05, 0) is 24.8 Å². The van der Waals surface area contributed by atoms with E-state index >= 15 is 0 Å². The fourth-order valence-electron chi connectivity index (χ4n) is 1.81. The molecule has 0 aromatic carbocycles. The molecule has 1 saturated carbocycles. The van der Waals surface area contributed by atoms with E-state index in [2.05, 4.69) is 11.9 Å². The predicted octanol–water partition coefficient (Wildman–Crippen LogP) is 3.93. The van der Waals surface area contributed by atoms with Crippen LogP contribution in [0, 0.1) is 5.92 Å². The Labute approximate surface area is 102 Å². The number of aromatic nitrogens is 1. The van der Waals surface area contributed by atoms with Crippen LogP contribution in [0.4, 0.5) is 13.2 Å². The number of halogens is 4. The van der Waals surface area contributed by atoms with Crippen molar-refractivity contribution in [2.24, 2.45) is 5.92 Å². The molecule has 0 spiro atoms. The van der Waals surface area contributed by atoms with E-state index in [0.29, 0.717) is 5.92 Å². The quantitative estimate of drug-likeness (QED) is 0.756. The van der Waals surface area contributed by atoms with E-state index < -0.39 is 16.9 Å². The van der Waals surface area contributed by atoms with Gasteiger partial charge in [-0.3, -0.25) is 0 Å². The average molecular weight is 266 g/mol. The molecular formula is C11H11ClF3NO. The zero-order chi connectivity index (χ0) is 12.6. The summed E-state index contributed by atoms with van der Waals surface area (Å²) in [5, 5.41) is -0.549. The van der Waals surface area contributed by atoms with Crippen molar-refractivity contribution in [2.45, 2.75) is 32.0 Å². The SMILES string of the molecule is CC1CC(Oc2cnc(Cl)c(C(F)(F)F)c2)C1. The first kappa shape index (κ1) is 12.5. The second-order valence-electron chi connectivity index (χ2n) is 4.32. The van der Waals surface area contributed by atoms with Gasteiger partial charge < -0.3 is 4.74 Å². The maximum absolute atomic E-state index is 12.5. The molecule has 1 heterocycles. The van der Waals surface area contributed by atoms with Gasteiger partial charge in [0.1, 0.15) is 10.9 Å². The van der Waals surface area contributed by atoms with Gasteiger partial charge in [0.05, 0.1) is 17.9 Å². The van der Waals surface area contributed by atoms with Crippen LogP contribution in [0.3, 0.4) is 0 Å². The van der Waals surface area contributed by atoms with Crippen molar-refractivity contribution in [3.05, 3.63) is 23.0 Å². The number of hydrogen-bond acceptors (Lipinski definition) is 2. The highest BCUT2D eigenvalue weighted by molar-refractivity contribution is 6.30. The highest BCUT2D eigenvalue weighted by atomic mass is 35.5. The molecule has 0 aliphatic heterocycles. The summed E-state index contributed by atoms with van der Waals surface area (Å²) in [5.41, 5.74) is -0.955. The molecule has 1 aliphatic carbocycles. The van der Waals surface area contributed by atoms with Crippen LogP contribution in [-0.4, -0.2) is 11.1 Å². The first-order valence-corrected chi connectivity index (χ1v) is 5.63. The van der Waals surface area contributed by atoms with Gasteiger partial charge in [-0.15, -0.1) is 0 Å². The Bertz CT molecular complexity index is 416. The van der Waals surface area contributed by atoms with E-state index in [-0.39, 0.29) is 11.9 Å². The van der Waals surface area contributed by atoms with Crippen molar-refractivity contribution in [2.75, 3.05) is 0 Å². The number of alkyl halides is 3. The minimum Gasteiger partial charge on any atom is -0.489 e. The smallest absolute Gasteiger partial charge is 0.419 e. The molecule has 1 aliphatic rings. The van der Waals surface area contributed by atoms with Crippen LogP contribution in [0.5, 0.6) is 5.75 Å². The molecule has 2 nitrogen and oxygen atoms in total. The lowest BCUT2D eigenvalue weighted by atomic mass is 9.84. The molecule has 2 rings (SSSR count). The lowest BCUT2D eigenvalue weighted by Gasteiger charge is -2.32. The molecular weight excluding hydrogens is 255 g/mol. The third kappa shape index (κ3) is 2.83. The maximum Gasteiger partial charge on any atom is 0.419 e. The lowest BCUT2D eigenvalue weighted by Crippen LogP contribution is -2.32. The van der Waals surface area contributed by atoms with Crippen LogP contribution in [0.25, 0.3) is 0 Å². The normalized spacial score (nSPS) is 24.3. The largest absolute Gasteiger partial charge is 0.489 e. The summed E-state index contributed by atoms with van der Waals surface area (Å²) >= 11 is 5.40. The first-order valence-electron chi connectivity index (χ1n) is 5.25. The van der Waals surface area contributed by atoms with Crippen molar-refractivity contribution in [1.82, 2.24) is 4.98 Å². The summed E-state index contributed by atoms with van der Waals surface area (Å²) < 4.78 is 43.0. The molecule has 0 saturated heterocycles. The monoisotopic (exact) mass is 265 g/mol. The zero-order valence-electron chi connectivity index (χ0n) is 9.09. The average Bonchev–Trinajstić information content (AvgIpc) is 2.16. The van der Waals surface area contributed by atoms with E-state index in [4.69, 9.17) is 16.3 Å². The third-order valence-electron chi connectivity index (χ3n) is 2.75. The van der Waals surface area contributed by atoms with E-state index in [1.807, 2.05) is 0 Å². The topological polar surface area (TPSA) is 22.1 Å². The standard InChI is InChI=1S/C11H11ClF3NO/c1-6-2-7(3-6)17-8-4-9(11(13,14)15)10(12)16-5-8/h4-7H,2-3H2,1H3. The van der Waals surface area contributed by atoms with Gasteiger partial charge >= 0.3 is 6.18 Å². The molecule has 1 fully saturated rings. The van der Waals surface area contributed by atoms with Crippen LogP contribution in [-0.2, 0) is 6.18 Å². The van der Waals surface area contributed by atoms with Crippen molar-refractivity contribution in [3.8, 4) is 5.75 Å². The molecule has 0 bridgehead atoms. The maximum atomic E-state index is 12.5. The van der Waals surface area contributed by atoms with Gasteiger partial charge in [-0.1, -0.05) is 18.5 Å². The van der Waals surface area contributed by atoms with E-state index in [1.54, 1.807) is 0 Å². The van der Waals surface area contributed by atoms with Crippen molar-refractivity contribution >= 4 is 11.6 Å². The Morgan fingerprint density at radius 1 is 1.41 bits per heavy atom. The van der Waals surface area contributed by atoms with Crippen LogP contribution in [0.1, 0.15) is 25.3 Å². The zero-order valence-corrected chi connectivity index (χ0v) is 9.85. The Balaban J connectivity index is 2.14. The number of pyridine rings is 1. The van der Waals surface area contributed by atoms with Crippen molar-refractivity contribution < 1.29 is 17.9 Å². The van der Waals surface area contributed by atoms with Crippen molar-refractivity contribution in [1.29, 1.82) is 0 Å². The lowest BCUT2D eigenvalue weighted by molar-refractivity contribution is -0.137. The van der Waals surface area contributed by atoms with Gasteiger partial charge in [-0.2, -0.15) is 13.2 Å². The summed E-state index contributed by atoms with van der Waals surface area (Å²) in [4.78, 5) is 3.50. The molecule has 0 radical (unpaired) electrons. The summed E-state index contributed by atoms with van der Waals surface area (Å²) in [6, 6.07) is 0.901. The van der Waals surface area contributed by atoms with Gasteiger partial charge in [0.25, 0.3) is 0 Å². The number of hydrogen-bond donors (Lipinski definition) is 0. The highest BCUT2D eigenvalue weighted by Crippen LogP contribution is 2.37. The van der Waals surface area contributed by atoms with Gasteiger partial charge in [-0.25, -0.2) is 4.98 Å². The number of rotatable bonds is 2. The molecule has 1 aromatic rings. The molecule has 1 aromatic heterocycles. The fraction of sp³-hybridized carbons (Fsp3) is 0.545. The Morgan fingerprint density at radius 3 is 2.59 bits per heavy atom. The van der Waals surface area contributed by atoms with Gasteiger partial charge in [0, 0.05) is 0 Å². The first-order chi connectivity index (χ1) is 7.86. The van der Waals surface area contributed by atoms with Crippen LogP contribution < -0.4 is 4.74 Å². The highest BCUT2D eigenvalue weighted by Gasteiger charge is 2.35. The van der Waals surface area contributed by atoms with Gasteiger partial charge in [0.2, 0.25) is 0 Å². The Morgan fingerprint density at radius 2 is 2.06 bits per heavy atom. The second kappa shape index (κ2) is 4.37. The minimum atomic E-state index is -4.50. The molecule has 0 unspecified atom stereocenters. The molecule has 0 N–H and O–H groups in total. The van der Waals surface area contributed by atoms with E-state index in [1.165, 1.54) is 6.20 Å². The molecule has 17 heavy (non-hydrogen) atoms. The third-order valence-corrected chi connectivity index (χ3v) is 3.05. The molecule has 6 heteroatoms. The summed E-state index contributed by atoms with van der Waals surface area (Å²) in [6.45, 7) is 2.07. The number of ether oxygens (including phenoxy) is 1. The minimum absolute atomic E-state index is 0.00550. The second-order valence-corrected chi connectivity index (χ2v) is 4.68. The predicted molar refractivity (Wildman–Crippen MR) is 57.1 cm³/mol. The summed E-state index contributed by atoms with van der Waals surface area (Å²) in [6.07, 6.45) is -1.56. The summed E-state index contributed by atoms with van der Waals surface area (Å²) in [7, 11) is 0. The van der Waals surface area contributed by atoms with Gasteiger partial charge in [0.15, 0.2) is 0 Å². The molecule has 0 amide bonds. The molecule has 0 atom stereocenters. The molecule has 94 valence electrons. The van der Waals surface area contributed by atoms with E-state index in [0.717, 1.165) is 18.9 Å². The van der Waals surface area contributed by atoms with Crippen LogP contribution in [0.15, 0.2) is 12.3 Å². The van der Waals surface area contributed by atoms with Crippen LogP contribution >= 0.6 is 11.6 Å². The van der Waals surface area contributed by atoms with Crippen molar-refractivity contribution in [3.63, 3.8) is 0 Å². The van der Waals surface area contributed by atoms with E-state index in [9.17, 15) is 13.2 Å². The van der Waals surface area contributed by atoms with Crippen LogP contribution in [0.2, 0.25) is 5.15 Å². The summed E-state index contributed by atoms with van der Waals surface area (Å²) in [5.74, 6) is 0.695. The Kier molecular flexibility index (Phi) is 3.21.